The number of para-hydroxylation sites is 3. The van der Waals surface area contributed by atoms with E-state index >= 15 is 0 Å². The van der Waals surface area contributed by atoms with Crippen molar-refractivity contribution in [2.45, 2.75) is 6.17 Å². The molecule has 6 heteroatoms. The minimum Gasteiger partial charge on any atom is -0.455 e. The molecule has 1 atom stereocenters. The molecule has 0 amide bonds. The molecule has 11 rings (SSSR count). The standard InChI is InChI=1S/C45H28N4OS/c1-2-11-27(12-3-1)28-21-23-29(24-22-28)43-46-44(48-45(47-43)49-37-18-7-4-13-30(37)31-14-5-8-19-38(31)49)36-17-10-16-34-35-26-25-33-32-15-6-9-20-39(32)50-40(33)42(35)51-41(34)36/h1-26,44H,(H,46,47,48). The summed E-state index contributed by atoms with van der Waals surface area (Å²) in [6, 6.07) is 55.4. The number of fused-ring (bicyclic) bond motifs is 10. The first kappa shape index (κ1) is 28.3. The fraction of sp³-hybridized carbons (Fsp3) is 0.0222. The number of hydrogen-bond donors (Lipinski definition) is 1. The van der Waals surface area contributed by atoms with Crippen molar-refractivity contribution in [2.24, 2.45) is 9.98 Å². The third-order valence-corrected chi connectivity index (χ3v) is 11.4. The van der Waals surface area contributed by atoms with Crippen LogP contribution in [0.4, 0.5) is 0 Å². The molecule has 240 valence electrons. The van der Waals surface area contributed by atoms with Gasteiger partial charge in [-0.25, -0.2) is 9.98 Å². The van der Waals surface area contributed by atoms with E-state index in [-0.39, 0.29) is 0 Å². The maximum Gasteiger partial charge on any atom is 0.211 e. The van der Waals surface area contributed by atoms with Crippen molar-refractivity contribution in [1.29, 1.82) is 0 Å². The molecular formula is C45H28N4OS. The maximum absolute atomic E-state index is 6.49. The van der Waals surface area contributed by atoms with Gasteiger partial charge in [-0.15, -0.1) is 11.3 Å². The van der Waals surface area contributed by atoms with Gasteiger partial charge >= 0.3 is 0 Å². The molecule has 4 heterocycles. The number of nitrogens with zero attached hydrogens (tertiary/aromatic N) is 3. The van der Waals surface area contributed by atoms with Gasteiger partial charge in [0.25, 0.3) is 0 Å². The van der Waals surface area contributed by atoms with Crippen LogP contribution in [0, 0.1) is 0 Å². The molecule has 1 aliphatic rings. The van der Waals surface area contributed by atoms with Crippen molar-refractivity contribution in [3.63, 3.8) is 0 Å². The molecule has 0 saturated heterocycles. The molecule has 0 aliphatic carbocycles. The summed E-state index contributed by atoms with van der Waals surface area (Å²) in [7, 11) is 0. The Morgan fingerprint density at radius 1 is 0.490 bits per heavy atom. The van der Waals surface area contributed by atoms with Crippen LogP contribution in [-0.2, 0) is 0 Å². The fourth-order valence-corrected chi connectivity index (χ4v) is 9.02. The van der Waals surface area contributed by atoms with Crippen LogP contribution in [0.15, 0.2) is 172 Å². The normalized spacial score (nSPS) is 14.9. The molecule has 5 nitrogen and oxygen atoms in total. The van der Waals surface area contributed by atoms with E-state index in [1.54, 1.807) is 11.3 Å². The average molecular weight is 673 g/mol. The van der Waals surface area contributed by atoms with Crippen LogP contribution >= 0.6 is 11.3 Å². The molecule has 1 unspecified atom stereocenters. The Hall–Kier alpha value is -6.50. The molecule has 3 aromatic heterocycles. The SMILES string of the molecule is c1ccc(-c2ccc(C3=NC(c4cccc5c4sc4c5ccc5c6ccccc6oc54)N=C(n4c5ccccc5c5ccccc54)N3)cc2)cc1. The third kappa shape index (κ3) is 4.33. The van der Waals surface area contributed by atoms with Gasteiger partial charge in [0.1, 0.15) is 11.4 Å². The largest absolute Gasteiger partial charge is 0.455 e. The summed E-state index contributed by atoms with van der Waals surface area (Å²) >= 11 is 1.77. The number of amidine groups is 1. The van der Waals surface area contributed by atoms with Crippen molar-refractivity contribution >= 4 is 87.0 Å². The second kappa shape index (κ2) is 11.0. The van der Waals surface area contributed by atoms with Gasteiger partial charge in [-0.1, -0.05) is 133 Å². The van der Waals surface area contributed by atoms with E-state index in [4.69, 9.17) is 14.4 Å². The Balaban J connectivity index is 1.13. The van der Waals surface area contributed by atoms with Crippen LogP contribution in [0.3, 0.4) is 0 Å². The summed E-state index contributed by atoms with van der Waals surface area (Å²) in [5.41, 5.74) is 8.44. The lowest BCUT2D eigenvalue weighted by molar-refractivity contribution is 0.673. The highest BCUT2D eigenvalue weighted by molar-refractivity contribution is 7.26. The molecule has 1 aliphatic heterocycles. The Morgan fingerprint density at radius 3 is 1.88 bits per heavy atom. The molecule has 51 heavy (non-hydrogen) atoms. The van der Waals surface area contributed by atoms with Crippen LogP contribution in [0.5, 0.6) is 0 Å². The van der Waals surface area contributed by atoms with Crippen LogP contribution in [0.2, 0.25) is 0 Å². The topological polar surface area (TPSA) is 54.8 Å². The zero-order valence-corrected chi connectivity index (χ0v) is 28.1. The number of rotatable bonds is 3. The van der Waals surface area contributed by atoms with E-state index in [0.717, 1.165) is 66.2 Å². The molecule has 0 bridgehead atoms. The molecule has 0 saturated carbocycles. The Kier molecular flexibility index (Phi) is 6.12. The zero-order valence-electron chi connectivity index (χ0n) is 27.2. The van der Waals surface area contributed by atoms with Gasteiger partial charge in [0.05, 0.1) is 15.7 Å². The summed E-state index contributed by atoms with van der Waals surface area (Å²) in [6.07, 6.45) is -0.479. The van der Waals surface area contributed by atoms with Crippen molar-refractivity contribution < 1.29 is 4.42 Å². The Labute approximate surface area is 296 Å². The summed E-state index contributed by atoms with van der Waals surface area (Å²) in [5.74, 6) is 1.52. The third-order valence-electron chi connectivity index (χ3n) is 10.1. The van der Waals surface area contributed by atoms with Crippen LogP contribution < -0.4 is 5.32 Å². The molecule has 0 radical (unpaired) electrons. The minimum absolute atomic E-state index is 0.479. The van der Waals surface area contributed by atoms with E-state index in [1.807, 2.05) is 18.2 Å². The highest BCUT2D eigenvalue weighted by Crippen LogP contribution is 2.44. The van der Waals surface area contributed by atoms with Gasteiger partial charge in [-0.2, -0.15) is 0 Å². The lowest BCUT2D eigenvalue weighted by Gasteiger charge is -2.24. The van der Waals surface area contributed by atoms with Gasteiger partial charge < -0.3 is 9.73 Å². The number of aromatic nitrogens is 1. The maximum atomic E-state index is 6.49. The Bertz CT molecular complexity index is 3000. The number of nitrogens with one attached hydrogen (secondary N) is 1. The lowest BCUT2D eigenvalue weighted by Crippen LogP contribution is -2.39. The average Bonchev–Trinajstić information content (AvgIpc) is 3.88. The Morgan fingerprint density at radius 2 is 1.10 bits per heavy atom. The van der Waals surface area contributed by atoms with Crippen molar-refractivity contribution in [1.82, 2.24) is 9.88 Å². The van der Waals surface area contributed by atoms with Gasteiger partial charge in [0.2, 0.25) is 5.96 Å². The van der Waals surface area contributed by atoms with Crippen molar-refractivity contribution in [2.75, 3.05) is 0 Å². The monoisotopic (exact) mass is 672 g/mol. The van der Waals surface area contributed by atoms with Crippen molar-refractivity contribution in [3.05, 3.63) is 169 Å². The number of furan rings is 1. The van der Waals surface area contributed by atoms with Crippen molar-refractivity contribution in [3.8, 4) is 11.1 Å². The second-order valence-corrected chi connectivity index (χ2v) is 14.0. The van der Waals surface area contributed by atoms with E-state index in [0.29, 0.717) is 0 Å². The van der Waals surface area contributed by atoms with Crippen LogP contribution in [0.25, 0.3) is 75.0 Å². The smallest absolute Gasteiger partial charge is 0.211 e. The molecule has 0 spiro atoms. The quantitative estimate of drug-likeness (QED) is 0.203. The molecular weight excluding hydrogens is 645 g/mol. The van der Waals surface area contributed by atoms with E-state index in [2.05, 4.69) is 149 Å². The van der Waals surface area contributed by atoms with Crippen LogP contribution in [0.1, 0.15) is 17.3 Å². The van der Waals surface area contributed by atoms with E-state index < -0.39 is 6.17 Å². The number of thiophene rings is 1. The highest BCUT2D eigenvalue weighted by Gasteiger charge is 2.26. The van der Waals surface area contributed by atoms with E-state index in [1.165, 1.54) is 31.8 Å². The number of aliphatic imine (C=N–C) groups is 2. The number of hydrogen-bond acceptors (Lipinski definition) is 5. The summed E-state index contributed by atoms with van der Waals surface area (Å²) in [5, 5.41) is 10.7. The molecule has 10 aromatic rings. The zero-order chi connectivity index (χ0) is 33.5. The number of benzene rings is 7. The van der Waals surface area contributed by atoms with Gasteiger partial charge in [-0.3, -0.25) is 4.57 Å². The molecule has 7 aromatic carbocycles. The summed E-state index contributed by atoms with van der Waals surface area (Å²) < 4.78 is 11.0. The van der Waals surface area contributed by atoms with Gasteiger partial charge in [-0.05, 0) is 35.4 Å². The van der Waals surface area contributed by atoms with Gasteiger partial charge in [0, 0.05) is 48.1 Å². The summed E-state index contributed by atoms with van der Waals surface area (Å²) in [4.78, 5) is 10.8. The molecule has 1 N–H and O–H groups in total. The van der Waals surface area contributed by atoms with Gasteiger partial charge in [0.15, 0.2) is 11.7 Å². The fourth-order valence-electron chi connectivity index (χ4n) is 7.70. The molecule has 0 fully saturated rings. The lowest BCUT2D eigenvalue weighted by atomic mass is 10.0. The van der Waals surface area contributed by atoms with Crippen LogP contribution in [-0.4, -0.2) is 16.4 Å². The first-order valence-electron chi connectivity index (χ1n) is 17.1. The predicted octanol–water partition coefficient (Wildman–Crippen LogP) is 11.7. The predicted molar refractivity (Wildman–Crippen MR) is 213 cm³/mol. The second-order valence-electron chi connectivity index (χ2n) is 13.0. The first-order chi connectivity index (χ1) is 25.3. The highest BCUT2D eigenvalue weighted by atomic mass is 32.1. The first-order valence-corrected chi connectivity index (χ1v) is 17.9. The summed E-state index contributed by atoms with van der Waals surface area (Å²) in [6.45, 7) is 0. The minimum atomic E-state index is -0.479. The van der Waals surface area contributed by atoms with E-state index in [9.17, 15) is 0 Å².